The van der Waals surface area contributed by atoms with Crippen molar-refractivity contribution in [2.45, 2.75) is 26.2 Å². The summed E-state index contributed by atoms with van der Waals surface area (Å²) in [6, 6.07) is 2.06. The molecule has 1 aromatic heterocycles. The zero-order valence-corrected chi connectivity index (χ0v) is 7.63. The van der Waals surface area contributed by atoms with E-state index in [-0.39, 0.29) is 5.41 Å². The van der Waals surface area contributed by atoms with Crippen LogP contribution in [0, 0.1) is 0 Å². The molecule has 0 amide bonds. The van der Waals surface area contributed by atoms with Crippen LogP contribution in [0.3, 0.4) is 0 Å². The highest BCUT2D eigenvalue weighted by Crippen LogP contribution is 2.17. The lowest BCUT2D eigenvalue weighted by Crippen LogP contribution is -2.29. The predicted molar refractivity (Wildman–Crippen MR) is 44.1 cm³/mol. The van der Waals surface area contributed by atoms with Crippen LogP contribution in [0.25, 0.3) is 0 Å². The van der Waals surface area contributed by atoms with E-state index in [1.807, 2.05) is 24.1 Å². The molecule has 2 nitrogen and oxygen atoms in total. The average molecular weight is 151 g/mol. The van der Waals surface area contributed by atoms with Gasteiger partial charge in [-0.2, -0.15) is 0 Å². The van der Waals surface area contributed by atoms with Crippen molar-refractivity contribution in [1.29, 1.82) is 0 Å². The van der Waals surface area contributed by atoms with Crippen LogP contribution < -0.4 is 4.57 Å². The number of aromatic nitrogens is 2. The standard InChI is InChI=1S/C9H15N2/c1-9(2,3)8-5-6-11(4)7-10-8/h5-7H,1-4H3/q+1. The Bertz CT molecular complexity index is 231. The van der Waals surface area contributed by atoms with Gasteiger partial charge in [-0.1, -0.05) is 25.8 Å². The van der Waals surface area contributed by atoms with Crippen LogP contribution in [-0.4, -0.2) is 4.98 Å². The third-order valence-corrected chi connectivity index (χ3v) is 1.61. The summed E-state index contributed by atoms with van der Waals surface area (Å²) < 4.78 is 1.94. The molecule has 0 aromatic carbocycles. The molecule has 11 heavy (non-hydrogen) atoms. The van der Waals surface area contributed by atoms with Gasteiger partial charge in [-0.25, -0.2) is 4.57 Å². The van der Waals surface area contributed by atoms with Crippen molar-refractivity contribution < 1.29 is 4.57 Å². The van der Waals surface area contributed by atoms with Gasteiger partial charge < -0.3 is 0 Å². The van der Waals surface area contributed by atoms with Gasteiger partial charge in [0.1, 0.15) is 0 Å². The van der Waals surface area contributed by atoms with Crippen molar-refractivity contribution >= 4 is 0 Å². The molecule has 0 bridgehead atoms. The fourth-order valence-corrected chi connectivity index (χ4v) is 0.867. The van der Waals surface area contributed by atoms with Gasteiger partial charge in [-0.05, 0) is 0 Å². The minimum absolute atomic E-state index is 0.161. The molecule has 1 rings (SSSR count). The summed E-state index contributed by atoms with van der Waals surface area (Å²) in [5.74, 6) is 0. The van der Waals surface area contributed by atoms with Crippen molar-refractivity contribution in [2.75, 3.05) is 0 Å². The monoisotopic (exact) mass is 151 g/mol. The van der Waals surface area contributed by atoms with Gasteiger partial charge in [0.05, 0.1) is 13.2 Å². The first-order valence-electron chi connectivity index (χ1n) is 3.82. The normalized spacial score (nSPS) is 11.6. The predicted octanol–water partition coefficient (Wildman–Crippen LogP) is 1.20. The first-order chi connectivity index (χ1) is 5.00. The maximum atomic E-state index is 4.31. The summed E-state index contributed by atoms with van der Waals surface area (Å²) in [7, 11) is 1.97. The molecule has 0 atom stereocenters. The number of nitrogens with zero attached hydrogens (tertiary/aromatic N) is 2. The van der Waals surface area contributed by atoms with Crippen LogP contribution in [0.15, 0.2) is 18.6 Å². The third-order valence-electron chi connectivity index (χ3n) is 1.61. The van der Waals surface area contributed by atoms with Crippen LogP contribution in [0.1, 0.15) is 26.5 Å². The van der Waals surface area contributed by atoms with Crippen molar-refractivity contribution in [1.82, 2.24) is 4.98 Å². The molecule has 0 saturated heterocycles. The third kappa shape index (κ3) is 2.00. The summed E-state index contributed by atoms with van der Waals surface area (Å²) >= 11 is 0. The van der Waals surface area contributed by atoms with E-state index in [1.165, 1.54) is 0 Å². The van der Waals surface area contributed by atoms with Gasteiger partial charge in [0.25, 0.3) is 6.33 Å². The van der Waals surface area contributed by atoms with E-state index in [0.717, 1.165) is 5.69 Å². The molecular weight excluding hydrogens is 136 g/mol. The van der Waals surface area contributed by atoms with E-state index in [1.54, 1.807) is 0 Å². The molecule has 0 aliphatic carbocycles. The topological polar surface area (TPSA) is 16.8 Å². The summed E-state index contributed by atoms with van der Waals surface area (Å²) in [6.45, 7) is 6.49. The smallest absolute Gasteiger partial charge is 0.240 e. The lowest BCUT2D eigenvalue weighted by molar-refractivity contribution is -0.674. The van der Waals surface area contributed by atoms with Gasteiger partial charge in [-0.15, -0.1) is 0 Å². The van der Waals surface area contributed by atoms with Crippen LogP contribution >= 0.6 is 0 Å². The van der Waals surface area contributed by atoms with Crippen LogP contribution in [0.4, 0.5) is 0 Å². The highest BCUT2D eigenvalue weighted by Gasteiger charge is 2.19. The molecule has 1 heterocycles. The van der Waals surface area contributed by atoms with Gasteiger partial charge in [0, 0.05) is 11.5 Å². The minimum atomic E-state index is 0.161. The second kappa shape index (κ2) is 2.61. The van der Waals surface area contributed by atoms with E-state index < -0.39 is 0 Å². The van der Waals surface area contributed by atoms with Gasteiger partial charge >= 0.3 is 0 Å². The molecule has 0 saturated carbocycles. The summed E-state index contributed by atoms with van der Waals surface area (Å²) in [4.78, 5) is 4.31. The molecule has 0 unspecified atom stereocenters. The van der Waals surface area contributed by atoms with E-state index >= 15 is 0 Å². The first kappa shape index (κ1) is 8.18. The second-order valence-electron chi connectivity index (χ2n) is 3.86. The van der Waals surface area contributed by atoms with Gasteiger partial charge in [0.2, 0.25) is 0 Å². The zero-order valence-electron chi connectivity index (χ0n) is 7.63. The molecule has 1 aromatic rings. The van der Waals surface area contributed by atoms with E-state index in [9.17, 15) is 0 Å². The molecule has 0 fully saturated rings. The molecule has 0 radical (unpaired) electrons. The van der Waals surface area contributed by atoms with Crippen LogP contribution in [-0.2, 0) is 12.5 Å². The lowest BCUT2D eigenvalue weighted by atomic mass is 9.92. The molecule has 0 aliphatic rings. The Balaban J connectivity index is 2.99. The molecule has 0 aliphatic heterocycles. The quantitative estimate of drug-likeness (QED) is 0.509. The Kier molecular flexibility index (Phi) is 1.94. The number of hydrogen-bond acceptors (Lipinski definition) is 1. The molecule has 60 valence electrons. The highest BCUT2D eigenvalue weighted by atomic mass is 15.0. The maximum Gasteiger partial charge on any atom is 0.286 e. The van der Waals surface area contributed by atoms with Crippen LogP contribution in [0.2, 0.25) is 0 Å². The summed E-state index contributed by atoms with van der Waals surface area (Å²) in [6.07, 6.45) is 3.86. The second-order valence-corrected chi connectivity index (χ2v) is 3.86. The van der Waals surface area contributed by atoms with Crippen molar-refractivity contribution in [3.8, 4) is 0 Å². The fraction of sp³-hybridized carbons (Fsp3) is 0.556. The Morgan fingerprint density at radius 1 is 1.36 bits per heavy atom. The Morgan fingerprint density at radius 3 is 2.36 bits per heavy atom. The number of rotatable bonds is 0. The largest absolute Gasteiger partial charge is 0.286 e. The SMILES string of the molecule is C[n+]1ccc(C(C)(C)C)nc1. The van der Waals surface area contributed by atoms with Crippen molar-refractivity contribution in [3.05, 3.63) is 24.3 Å². The summed E-state index contributed by atoms with van der Waals surface area (Å²) in [5, 5.41) is 0. The highest BCUT2D eigenvalue weighted by molar-refractivity contribution is 5.07. The van der Waals surface area contributed by atoms with E-state index in [2.05, 4.69) is 31.8 Å². The van der Waals surface area contributed by atoms with E-state index in [0.29, 0.717) is 0 Å². The van der Waals surface area contributed by atoms with Crippen LogP contribution in [0.5, 0.6) is 0 Å². The Labute approximate surface area is 67.9 Å². The zero-order chi connectivity index (χ0) is 8.48. The summed E-state index contributed by atoms with van der Waals surface area (Å²) in [5.41, 5.74) is 1.30. The lowest BCUT2D eigenvalue weighted by Gasteiger charge is -2.11. The van der Waals surface area contributed by atoms with Gasteiger partial charge in [0.15, 0.2) is 5.69 Å². The fourth-order valence-electron chi connectivity index (χ4n) is 0.867. The number of aryl methyl sites for hydroxylation is 1. The maximum absolute atomic E-state index is 4.31. The average Bonchev–Trinajstić information content (AvgIpc) is 1.86. The Morgan fingerprint density at radius 2 is 2.00 bits per heavy atom. The molecule has 0 N–H and O–H groups in total. The van der Waals surface area contributed by atoms with E-state index in [4.69, 9.17) is 0 Å². The van der Waals surface area contributed by atoms with Crippen molar-refractivity contribution in [2.24, 2.45) is 7.05 Å². The number of hydrogen-bond donors (Lipinski definition) is 0. The minimum Gasteiger partial charge on any atom is -0.240 e. The molecular formula is C9H15N2+. The molecule has 2 heteroatoms. The van der Waals surface area contributed by atoms with Crippen molar-refractivity contribution in [3.63, 3.8) is 0 Å². The first-order valence-corrected chi connectivity index (χ1v) is 3.82. The Hall–Kier alpha value is -0.920. The molecule has 0 spiro atoms. The van der Waals surface area contributed by atoms with Gasteiger partial charge in [-0.3, -0.25) is 0 Å².